The molecule has 8 heteroatoms. The van der Waals surface area contributed by atoms with Crippen LogP contribution in [0.1, 0.15) is 31.0 Å². The van der Waals surface area contributed by atoms with E-state index in [0.29, 0.717) is 24.5 Å². The average molecular weight is 414 g/mol. The molecule has 1 fully saturated rings. The molecule has 0 radical (unpaired) electrons. The SMILES string of the molecule is CCOC(=O)C1CCCN(c2ncnc3c2c(C)c(C)n3-c2cc(F)cc(F)c2)C1. The van der Waals surface area contributed by atoms with Gasteiger partial charge in [0.05, 0.1) is 23.6 Å². The van der Waals surface area contributed by atoms with Crippen molar-refractivity contribution in [2.75, 3.05) is 24.6 Å². The number of rotatable bonds is 4. The van der Waals surface area contributed by atoms with Crippen LogP contribution in [0.15, 0.2) is 24.5 Å². The minimum absolute atomic E-state index is 0.187. The maximum absolute atomic E-state index is 13.9. The van der Waals surface area contributed by atoms with Gasteiger partial charge in [0.1, 0.15) is 23.8 Å². The Balaban J connectivity index is 1.81. The number of fused-ring (bicyclic) bond motifs is 1. The van der Waals surface area contributed by atoms with Gasteiger partial charge in [0, 0.05) is 24.8 Å². The van der Waals surface area contributed by atoms with Crippen LogP contribution in [0.2, 0.25) is 0 Å². The number of hydrogen-bond acceptors (Lipinski definition) is 5. The Morgan fingerprint density at radius 3 is 2.63 bits per heavy atom. The van der Waals surface area contributed by atoms with Crippen molar-refractivity contribution in [2.45, 2.75) is 33.6 Å². The second kappa shape index (κ2) is 8.01. The zero-order valence-corrected chi connectivity index (χ0v) is 17.3. The van der Waals surface area contributed by atoms with Crippen molar-refractivity contribution in [3.05, 3.63) is 47.4 Å². The Labute approximate surface area is 173 Å². The predicted molar refractivity (Wildman–Crippen MR) is 110 cm³/mol. The highest BCUT2D eigenvalue weighted by Crippen LogP contribution is 2.35. The molecule has 6 nitrogen and oxygen atoms in total. The largest absolute Gasteiger partial charge is 0.466 e. The number of aromatic nitrogens is 3. The lowest BCUT2D eigenvalue weighted by molar-refractivity contribution is -0.148. The Morgan fingerprint density at radius 1 is 1.20 bits per heavy atom. The van der Waals surface area contributed by atoms with Gasteiger partial charge < -0.3 is 9.64 Å². The number of anilines is 1. The number of benzene rings is 1. The fourth-order valence-corrected chi connectivity index (χ4v) is 4.23. The Bertz CT molecular complexity index is 1090. The number of ether oxygens (including phenoxy) is 1. The van der Waals surface area contributed by atoms with Crippen LogP contribution in [-0.2, 0) is 9.53 Å². The Hall–Kier alpha value is -3.03. The van der Waals surface area contributed by atoms with E-state index in [9.17, 15) is 13.6 Å². The summed E-state index contributed by atoms with van der Waals surface area (Å²) in [6, 6.07) is 3.42. The minimum Gasteiger partial charge on any atom is -0.466 e. The van der Waals surface area contributed by atoms with Gasteiger partial charge in [0.2, 0.25) is 0 Å². The molecule has 0 aliphatic carbocycles. The quantitative estimate of drug-likeness (QED) is 0.602. The molecule has 0 amide bonds. The minimum atomic E-state index is -0.647. The smallest absolute Gasteiger partial charge is 0.310 e. The highest BCUT2D eigenvalue weighted by molar-refractivity contribution is 5.93. The summed E-state index contributed by atoms with van der Waals surface area (Å²) in [4.78, 5) is 23.3. The molecule has 1 aromatic carbocycles. The van der Waals surface area contributed by atoms with Gasteiger partial charge in [-0.1, -0.05) is 0 Å². The van der Waals surface area contributed by atoms with Crippen LogP contribution in [0.5, 0.6) is 0 Å². The predicted octanol–water partition coefficient (Wildman–Crippen LogP) is 4.10. The Morgan fingerprint density at radius 2 is 1.93 bits per heavy atom. The van der Waals surface area contributed by atoms with Crippen molar-refractivity contribution >= 4 is 22.8 Å². The molecule has 3 aromatic rings. The fourth-order valence-electron chi connectivity index (χ4n) is 4.23. The molecular weight excluding hydrogens is 390 g/mol. The standard InChI is InChI=1S/C22H24F2N4O2/c1-4-30-22(29)15-6-5-7-27(11-15)20-19-13(2)14(3)28(21(19)26-12-25-20)18-9-16(23)8-17(24)10-18/h8-10,12,15H,4-7,11H2,1-3H3. The van der Waals surface area contributed by atoms with Crippen molar-refractivity contribution in [1.82, 2.24) is 14.5 Å². The third-order valence-corrected chi connectivity index (χ3v) is 5.72. The summed E-state index contributed by atoms with van der Waals surface area (Å²) < 4.78 is 34.7. The van der Waals surface area contributed by atoms with E-state index in [2.05, 4.69) is 14.9 Å². The molecule has 1 saturated heterocycles. The highest BCUT2D eigenvalue weighted by atomic mass is 19.1. The molecule has 0 bridgehead atoms. The zero-order chi connectivity index (χ0) is 21.4. The van der Waals surface area contributed by atoms with Crippen molar-refractivity contribution < 1.29 is 18.3 Å². The number of hydrogen-bond donors (Lipinski definition) is 0. The summed E-state index contributed by atoms with van der Waals surface area (Å²) in [5, 5.41) is 0.823. The molecule has 1 atom stereocenters. The van der Waals surface area contributed by atoms with Crippen molar-refractivity contribution in [3.63, 3.8) is 0 Å². The van der Waals surface area contributed by atoms with E-state index in [1.807, 2.05) is 13.8 Å². The first-order valence-electron chi connectivity index (χ1n) is 10.1. The van der Waals surface area contributed by atoms with Crippen molar-refractivity contribution in [2.24, 2.45) is 5.92 Å². The molecule has 0 saturated carbocycles. The molecule has 30 heavy (non-hydrogen) atoms. The zero-order valence-electron chi connectivity index (χ0n) is 17.3. The summed E-state index contributed by atoms with van der Waals surface area (Å²) in [6.07, 6.45) is 3.09. The van der Waals surface area contributed by atoms with Gasteiger partial charge in [-0.15, -0.1) is 0 Å². The fraction of sp³-hybridized carbons (Fsp3) is 0.409. The van der Waals surface area contributed by atoms with Crippen LogP contribution >= 0.6 is 0 Å². The average Bonchev–Trinajstić information content (AvgIpc) is 2.98. The van der Waals surface area contributed by atoms with Crippen LogP contribution in [0.4, 0.5) is 14.6 Å². The lowest BCUT2D eigenvalue weighted by Crippen LogP contribution is -2.40. The second-order valence-corrected chi connectivity index (χ2v) is 7.61. The molecule has 0 spiro atoms. The third-order valence-electron chi connectivity index (χ3n) is 5.72. The van der Waals surface area contributed by atoms with Gasteiger partial charge in [-0.3, -0.25) is 9.36 Å². The normalized spacial score (nSPS) is 16.8. The van der Waals surface area contributed by atoms with Gasteiger partial charge in [-0.05, 0) is 51.3 Å². The van der Waals surface area contributed by atoms with Crippen LogP contribution in [-0.4, -0.2) is 40.2 Å². The second-order valence-electron chi connectivity index (χ2n) is 7.61. The van der Waals surface area contributed by atoms with E-state index in [0.717, 1.165) is 47.9 Å². The van der Waals surface area contributed by atoms with E-state index >= 15 is 0 Å². The molecule has 1 aliphatic rings. The molecule has 4 rings (SSSR count). The molecule has 0 N–H and O–H groups in total. The number of aryl methyl sites for hydroxylation is 1. The van der Waals surface area contributed by atoms with E-state index in [1.54, 1.807) is 11.5 Å². The molecule has 1 aliphatic heterocycles. The summed E-state index contributed by atoms with van der Waals surface area (Å²) >= 11 is 0. The van der Waals surface area contributed by atoms with E-state index in [-0.39, 0.29) is 11.9 Å². The maximum atomic E-state index is 13.9. The van der Waals surface area contributed by atoms with E-state index < -0.39 is 11.6 Å². The summed E-state index contributed by atoms with van der Waals surface area (Å²) in [5.74, 6) is -0.957. The molecule has 2 aromatic heterocycles. The van der Waals surface area contributed by atoms with Crippen LogP contribution < -0.4 is 4.90 Å². The van der Waals surface area contributed by atoms with Crippen LogP contribution in [0, 0.1) is 31.4 Å². The summed E-state index contributed by atoms with van der Waals surface area (Å²) in [6.45, 7) is 7.28. The lowest BCUT2D eigenvalue weighted by Gasteiger charge is -2.32. The Kier molecular flexibility index (Phi) is 5.40. The van der Waals surface area contributed by atoms with Crippen LogP contribution in [0.25, 0.3) is 16.7 Å². The van der Waals surface area contributed by atoms with Crippen molar-refractivity contribution in [1.29, 1.82) is 0 Å². The number of esters is 1. The van der Waals surface area contributed by atoms with Gasteiger partial charge in [-0.2, -0.15) is 0 Å². The molecule has 158 valence electrons. The first kappa shape index (κ1) is 20.3. The number of nitrogens with zero attached hydrogens (tertiary/aromatic N) is 4. The topological polar surface area (TPSA) is 60.2 Å². The van der Waals surface area contributed by atoms with Crippen molar-refractivity contribution in [3.8, 4) is 5.69 Å². The number of carbonyl (C=O) groups excluding carboxylic acids is 1. The monoisotopic (exact) mass is 414 g/mol. The number of piperidine rings is 1. The lowest BCUT2D eigenvalue weighted by atomic mass is 9.98. The number of carbonyl (C=O) groups is 1. The first-order chi connectivity index (χ1) is 14.4. The summed E-state index contributed by atoms with van der Waals surface area (Å²) in [7, 11) is 0. The molecule has 1 unspecified atom stereocenters. The maximum Gasteiger partial charge on any atom is 0.310 e. The molecular formula is C22H24F2N4O2. The van der Waals surface area contributed by atoms with Gasteiger partial charge in [-0.25, -0.2) is 18.7 Å². The summed E-state index contributed by atoms with van der Waals surface area (Å²) in [5.41, 5.74) is 2.72. The van der Waals surface area contributed by atoms with Crippen LogP contribution in [0.3, 0.4) is 0 Å². The molecule has 3 heterocycles. The van der Waals surface area contributed by atoms with Gasteiger partial charge in [0.15, 0.2) is 5.65 Å². The van der Waals surface area contributed by atoms with Gasteiger partial charge >= 0.3 is 5.97 Å². The number of halogens is 2. The third kappa shape index (κ3) is 3.51. The first-order valence-corrected chi connectivity index (χ1v) is 10.1. The van der Waals surface area contributed by atoms with Gasteiger partial charge in [0.25, 0.3) is 0 Å². The highest BCUT2D eigenvalue weighted by Gasteiger charge is 2.30. The van der Waals surface area contributed by atoms with E-state index in [1.165, 1.54) is 18.5 Å². The van der Waals surface area contributed by atoms with E-state index in [4.69, 9.17) is 4.74 Å².